The number of benzene rings is 1. The number of hydrogen-bond donors (Lipinski definition) is 1. The molecule has 1 aromatic carbocycles. The number of rotatable bonds is 3. The summed E-state index contributed by atoms with van der Waals surface area (Å²) in [6.45, 7) is 10.2. The summed E-state index contributed by atoms with van der Waals surface area (Å²) in [5.41, 5.74) is 2.17. The molecule has 2 rings (SSSR count). The minimum Gasteiger partial charge on any atom is -0.444 e. The summed E-state index contributed by atoms with van der Waals surface area (Å²) in [7, 11) is 0. The van der Waals surface area contributed by atoms with Gasteiger partial charge >= 0.3 is 6.09 Å². The molecule has 1 aliphatic heterocycles. The second kappa shape index (κ2) is 7.14. The van der Waals surface area contributed by atoms with Crippen molar-refractivity contribution in [2.45, 2.75) is 58.7 Å². The second-order valence-electron chi connectivity index (χ2n) is 7.11. The first-order valence-corrected chi connectivity index (χ1v) is 8.10. The van der Waals surface area contributed by atoms with Crippen LogP contribution in [0.3, 0.4) is 0 Å². The van der Waals surface area contributed by atoms with Gasteiger partial charge in [0.25, 0.3) is 0 Å². The van der Waals surface area contributed by atoms with Crippen LogP contribution in [-0.2, 0) is 11.3 Å². The van der Waals surface area contributed by atoms with Gasteiger partial charge in [-0.15, -0.1) is 0 Å². The zero-order chi connectivity index (χ0) is 16.2. The lowest BCUT2D eigenvalue weighted by molar-refractivity contribution is 0.0198. The Labute approximate surface area is 133 Å². The van der Waals surface area contributed by atoms with Gasteiger partial charge in [-0.3, -0.25) is 0 Å². The summed E-state index contributed by atoms with van der Waals surface area (Å²) >= 11 is 0. The molecule has 122 valence electrons. The fourth-order valence-electron chi connectivity index (χ4n) is 2.56. The van der Waals surface area contributed by atoms with Crippen LogP contribution in [0.4, 0.5) is 4.79 Å². The summed E-state index contributed by atoms with van der Waals surface area (Å²) in [6, 6.07) is 9.08. The number of ether oxygens (including phenoxy) is 1. The number of piperidine rings is 1. The molecule has 22 heavy (non-hydrogen) atoms. The van der Waals surface area contributed by atoms with Gasteiger partial charge in [-0.25, -0.2) is 4.79 Å². The van der Waals surface area contributed by atoms with Crippen molar-refractivity contribution in [3.63, 3.8) is 0 Å². The lowest BCUT2D eigenvalue weighted by Crippen LogP contribution is -2.46. The third-order valence-corrected chi connectivity index (χ3v) is 3.86. The molecule has 0 aliphatic carbocycles. The van der Waals surface area contributed by atoms with E-state index in [0.717, 1.165) is 32.5 Å². The Hall–Kier alpha value is -1.55. The van der Waals surface area contributed by atoms with Gasteiger partial charge in [0.2, 0.25) is 0 Å². The maximum absolute atomic E-state index is 12.0. The van der Waals surface area contributed by atoms with Crippen LogP contribution in [0.2, 0.25) is 0 Å². The van der Waals surface area contributed by atoms with E-state index in [0.29, 0.717) is 6.04 Å². The van der Waals surface area contributed by atoms with Crippen molar-refractivity contribution in [3.05, 3.63) is 35.4 Å². The molecule has 4 nitrogen and oxygen atoms in total. The number of nitrogens with zero attached hydrogens (tertiary/aromatic N) is 1. The predicted molar refractivity (Wildman–Crippen MR) is 88.8 cm³/mol. The fourth-order valence-corrected chi connectivity index (χ4v) is 2.56. The van der Waals surface area contributed by atoms with E-state index in [9.17, 15) is 4.79 Å². The Morgan fingerprint density at radius 3 is 2.36 bits per heavy atom. The Morgan fingerprint density at radius 1 is 1.23 bits per heavy atom. The SMILES string of the molecule is Cc1ccc(CNC2CCN(C(=O)OC(C)(C)C)CC2)cc1. The summed E-state index contributed by atoms with van der Waals surface area (Å²) in [5.74, 6) is 0. The van der Waals surface area contributed by atoms with Crippen LogP contribution in [0.15, 0.2) is 24.3 Å². The summed E-state index contributed by atoms with van der Waals surface area (Å²) in [5, 5.41) is 3.59. The molecule has 1 saturated heterocycles. The first-order valence-electron chi connectivity index (χ1n) is 8.10. The lowest BCUT2D eigenvalue weighted by atomic mass is 10.0. The van der Waals surface area contributed by atoms with Crippen LogP contribution in [0.1, 0.15) is 44.7 Å². The van der Waals surface area contributed by atoms with Gasteiger partial charge in [0.1, 0.15) is 5.60 Å². The average Bonchev–Trinajstić information content (AvgIpc) is 2.45. The maximum Gasteiger partial charge on any atom is 0.410 e. The number of nitrogens with one attached hydrogen (secondary N) is 1. The average molecular weight is 304 g/mol. The van der Waals surface area contributed by atoms with Gasteiger partial charge in [0.05, 0.1) is 0 Å². The fraction of sp³-hybridized carbons (Fsp3) is 0.611. The minimum atomic E-state index is -0.419. The molecule has 1 heterocycles. The molecule has 1 aliphatic rings. The highest BCUT2D eigenvalue weighted by Crippen LogP contribution is 2.16. The van der Waals surface area contributed by atoms with Crippen molar-refractivity contribution in [1.82, 2.24) is 10.2 Å². The molecular formula is C18H28N2O2. The van der Waals surface area contributed by atoms with E-state index in [1.807, 2.05) is 25.7 Å². The van der Waals surface area contributed by atoms with Crippen molar-refractivity contribution >= 4 is 6.09 Å². The zero-order valence-corrected chi connectivity index (χ0v) is 14.2. The maximum atomic E-state index is 12.0. The normalized spacial score (nSPS) is 16.6. The highest BCUT2D eigenvalue weighted by atomic mass is 16.6. The molecule has 0 bridgehead atoms. The molecule has 4 heteroatoms. The van der Waals surface area contributed by atoms with E-state index in [1.165, 1.54) is 11.1 Å². The highest BCUT2D eigenvalue weighted by Gasteiger charge is 2.26. The molecule has 0 spiro atoms. The van der Waals surface area contributed by atoms with E-state index >= 15 is 0 Å². The molecule has 1 aromatic rings. The Kier molecular flexibility index (Phi) is 5.46. The van der Waals surface area contributed by atoms with Gasteiger partial charge in [0.15, 0.2) is 0 Å². The number of hydrogen-bond acceptors (Lipinski definition) is 3. The van der Waals surface area contributed by atoms with E-state index < -0.39 is 5.60 Å². The highest BCUT2D eigenvalue weighted by molar-refractivity contribution is 5.68. The third kappa shape index (κ3) is 5.34. The molecule has 1 N–H and O–H groups in total. The lowest BCUT2D eigenvalue weighted by Gasteiger charge is -2.33. The van der Waals surface area contributed by atoms with Crippen molar-refractivity contribution < 1.29 is 9.53 Å². The van der Waals surface area contributed by atoms with Gasteiger partial charge in [0, 0.05) is 25.7 Å². The van der Waals surface area contributed by atoms with Crippen molar-refractivity contribution in [1.29, 1.82) is 0 Å². The molecule has 1 fully saturated rings. The summed E-state index contributed by atoms with van der Waals surface area (Å²) < 4.78 is 5.42. The Morgan fingerprint density at radius 2 is 1.82 bits per heavy atom. The van der Waals surface area contributed by atoms with Crippen molar-refractivity contribution in [2.75, 3.05) is 13.1 Å². The van der Waals surface area contributed by atoms with Crippen LogP contribution < -0.4 is 5.32 Å². The van der Waals surface area contributed by atoms with Gasteiger partial charge < -0.3 is 15.0 Å². The summed E-state index contributed by atoms with van der Waals surface area (Å²) in [4.78, 5) is 13.8. The Bertz CT molecular complexity index is 483. The number of amides is 1. The van der Waals surface area contributed by atoms with Crippen LogP contribution >= 0.6 is 0 Å². The number of carbonyl (C=O) groups is 1. The Balaban J connectivity index is 1.73. The first-order chi connectivity index (χ1) is 10.3. The van der Waals surface area contributed by atoms with Crippen molar-refractivity contribution in [3.8, 4) is 0 Å². The van der Waals surface area contributed by atoms with E-state index in [2.05, 4.69) is 36.5 Å². The topological polar surface area (TPSA) is 41.6 Å². The number of carbonyl (C=O) groups excluding carboxylic acids is 1. The molecular weight excluding hydrogens is 276 g/mol. The second-order valence-corrected chi connectivity index (χ2v) is 7.11. The smallest absolute Gasteiger partial charge is 0.410 e. The quantitative estimate of drug-likeness (QED) is 0.929. The van der Waals surface area contributed by atoms with E-state index in [1.54, 1.807) is 0 Å². The molecule has 0 atom stereocenters. The van der Waals surface area contributed by atoms with Gasteiger partial charge in [-0.2, -0.15) is 0 Å². The first kappa shape index (κ1) is 16.8. The van der Waals surface area contributed by atoms with Crippen LogP contribution in [0.5, 0.6) is 0 Å². The van der Waals surface area contributed by atoms with E-state index in [4.69, 9.17) is 4.74 Å². The van der Waals surface area contributed by atoms with Gasteiger partial charge in [-0.05, 0) is 46.1 Å². The van der Waals surface area contributed by atoms with Crippen LogP contribution in [0, 0.1) is 6.92 Å². The van der Waals surface area contributed by atoms with Crippen LogP contribution in [-0.4, -0.2) is 35.7 Å². The number of aryl methyl sites for hydroxylation is 1. The molecule has 0 aromatic heterocycles. The zero-order valence-electron chi connectivity index (χ0n) is 14.2. The predicted octanol–water partition coefficient (Wildman–Crippen LogP) is 3.48. The third-order valence-electron chi connectivity index (χ3n) is 3.86. The van der Waals surface area contributed by atoms with Crippen LogP contribution in [0.25, 0.3) is 0 Å². The molecule has 1 amide bonds. The molecule has 0 radical (unpaired) electrons. The number of likely N-dealkylation sites (tertiary alicyclic amines) is 1. The van der Waals surface area contributed by atoms with Crippen molar-refractivity contribution in [2.24, 2.45) is 0 Å². The molecule has 0 unspecified atom stereocenters. The minimum absolute atomic E-state index is 0.190. The summed E-state index contributed by atoms with van der Waals surface area (Å²) in [6.07, 6.45) is 1.76. The standard InChI is InChI=1S/C18H28N2O2/c1-14-5-7-15(8-6-14)13-19-16-9-11-20(12-10-16)17(21)22-18(2,3)4/h5-8,16,19H,9-13H2,1-4H3. The largest absolute Gasteiger partial charge is 0.444 e. The monoisotopic (exact) mass is 304 g/mol. The molecule has 0 saturated carbocycles. The van der Waals surface area contributed by atoms with Gasteiger partial charge in [-0.1, -0.05) is 29.8 Å². The van der Waals surface area contributed by atoms with E-state index in [-0.39, 0.29) is 6.09 Å².